The molecule has 22 heavy (non-hydrogen) atoms. The van der Waals surface area contributed by atoms with Gasteiger partial charge in [0.15, 0.2) is 6.10 Å². The van der Waals surface area contributed by atoms with Gasteiger partial charge in [-0.1, -0.05) is 36.4 Å². The van der Waals surface area contributed by atoms with Crippen LogP contribution < -0.4 is 5.32 Å². The van der Waals surface area contributed by atoms with Crippen LogP contribution in [0.25, 0.3) is 0 Å². The predicted molar refractivity (Wildman–Crippen MR) is 83.9 cm³/mol. The number of hydrogen-bond donors (Lipinski definition) is 1. The molecule has 1 amide bonds. The van der Waals surface area contributed by atoms with Crippen LogP contribution in [0.15, 0.2) is 42.5 Å². The van der Waals surface area contributed by atoms with Gasteiger partial charge < -0.3 is 10.1 Å². The van der Waals surface area contributed by atoms with E-state index in [1.807, 2.05) is 44.2 Å². The molecule has 3 rings (SSSR count). The van der Waals surface area contributed by atoms with E-state index >= 15 is 0 Å². The van der Waals surface area contributed by atoms with E-state index in [0.717, 1.165) is 22.4 Å². The van der Waals surface area contributed by atoms with Crippen molar-refractivity contribution in [1.82, 2.24) is 0 Å². The summed E-state index contributed by atoms with van der Waals surface area (Å²) in [6, 6.07) is 13.0. The fourth-order valence-electron chi connectivity index (χ4n) is 2.69. The minimum Gasteiger partial charge on any atom is -0.448 e. The number of ether oxygens (including phenoxy) is 1. The fourth-order valence-corrected chi connectivity index (χ4v) is 2.69. The highest BCUT2D eigenvalue weighted by Gasteiger charge is 2.31. The van der Waals surface area contributed by atoms with Gasteiger partial charge in [0.2, 0.25) is 0 Å². The lowest BCUT2D eigenvalue weighted by molar-refractivity contribution is -0.125. The average molecular weight is 295 g/mol. The SMILES string of the molecule is Cc1cccc(C)c1NC(=O)[C@@H]1Cc2ccccc2C(=O)O1. The molecule has 1 N–H and O–H groups in total. The molecular weight excluding hydrogens is 278 g/mol. The Morgan fingerprint density at radius 1 is 1.09 bits per heavy atom. The summed E-state index contributed by atoms with van der Waals surface area (Å²) in [4.78, 5) is 24.4. The largest absolute Gasteiger partial charge is 0.448 e. The summed E-state index contributed by atoms with van der Waals surface area (Å²) in [5.41, 5.74) is 4.13. The van der Waals surface area contributed by atoms with E-state index in [1.54, 1.807) is 12.1 Å². The van der Waals surface area contributed by atoms with Gasteiger partial charge in [-0.3, -0.25) is 4.79 Å². The van der Waals surface area contributed by atoms with Crippen molar-refractivity contribution in [2.24, 2.45) is 0 Å². The Hall–Kier alpha value is -2.62. The summed E-state index contributed by atoms with van der Waals surface area (Å²) < 4.78 is 5.28. The van der Waals surface area contributed by atoms with E-state index < -0.39 is 12.1 Å². The van der Waals surface area contributed by atoms with Crippen LogP contribution in [-0.4, -0.2) is 18.0 Å². The zero-order chi connectivity index (χ0) is 15.7. The fraction of sp³-hybridized carbons (Fsp3) is 0.222. The van der Waals surface area contributed by atoms with Crippen LogP contribution in [0.2, 0.25) is 0 Å². The van der Waals surface area contributed by atoms with E-state index in [4.69, 9.17) is 4.74 Å². The smallest absolute Gasteiger partial charge is 0.339 e. The average Bonchev–Trinajstić information content (AvgIpc) is 2.51. The quantitative estimate of drug-likeness (QED) is 0.866. The number of carbonyl (C=O) groups is 2. The van der Waals surface area contributed by atoms with Crippen molar-refractivity contribution in [2.75, 3.05) is 5.32 Å². The van der Waals surface area contributed by atoms with Crippen LogP contribution >= 0.6 is 0 Å². The Kier molecular flexibility index (Phi) is 3.67. The molecule has 0 spiro atoms. The van der Waals surface area contributed by atoms with Crippen molar-refractivity contribution < 1.29 is 14.3 Å². The molecule has 4 heteroatoms. The number of rotatable bonds is 2. The summed E-state index contributed by atoms with van der Waals surface area (Å²) >= 11 is 0. The topological polar surface area (TPSA) is 55.4 Å². The second-order valence-electron chi connectivity index (χ2n) is 5.51. The summed E-state index contributed by atoms with van der Waals surface area (Å²) in [6.45, 7) is 3.87. The molecule has 0 fully saturated rings. The third-order valence-electron chi connectivity index (χ3n) is 3.91. The van der Waals surface area contributed by atoms with E-state index in [2.05, 4.69) is 5.32 Å². The maximum atomic E-state index is 12.4. The number of para-hydroxylation sites is 1. The molecule has 1 aliphatic rings. The molecule has 0 radical (unpaired) electrons. The van der Waals surface area contributed by atoms with Crippen LogP contribution in [0.4, 0.5) is 5.69 Å². The number of hydrogen-bond acceptors (Lipinski definition) is 3. The van der Waals surface area contributed by atoms with E-state index in [9.17, 15) is 9.59 Å². The van der Waals surface area contributed by atoms with Crippen molar-refractivity contribution in [3.05, 3.63) is 64.7 Å². The van der Waals surface area contributed by atoms with E-state index in [1.165, 1.54) is 0 Å². The standard InChI is InChI=1S/C18H17NO3/c1-11-6-5-7-12(2)16(11)19-17(20)15-10-13-8-3-4-9-14(13)18(21)22-15/h3-9,15H,10H2,1-2H3,(H,19,20)/t15-/m0/s1. The highest BCUT2D eigenvalue weighted by molar-refractivity contribution is 6.00. The number of amides is 1. The Morgan fingerprint density at radius 3 is 2.50 bits per heavy atom. The molecule has 1 heterocycles. The number of esters is 1. The molecule has 4 nitrogen and oxygen atoms in total. The highest BCUT2D eigenvalue weighted by atomic mass is 16.5. The predicted octanol–water partition coefficient (Wildman–Crippen LogP) is 3.02. The Morgan fingerprint density at radius 2 is 1.77 bits per heavy atom. The molecule has 0 saturated carbocycles. The van der Waals surface area contributed by atoms with Crippen molar-refractivity contribution in [3.63, 3.8) is 0 Å². The van der Waals surface area contributed by atoms with Crippen LogP contribution in [0, 0.1) is 13.8 Å². The summed E-state index contributed by atoms with van der Waals surface area (Å²) in [5.74, 6) is -0.733. The number of aryl methyl sites for hydroxylation is 2. The lowest BCUT2D eigenvalue weighted by Gasteiger charge is -2.24. The van der Waals surface area contributed by atoms with Crippen molar-refractivity contribution in [3.8, 4) is 0 Å². The molecule has 112 valence electrons. The van der Waals surface area contributed by atoms with Crippen LogP contribution in [0.5, 0.6) is 0 Å². The monoisotopic (exact) mass is 295 g/mol. The van der Waals surface area contributed by atoms with Gasteiger partial charge in [0.25, 0.3) is 5.91 Å². The molecule has 2 aromatic carbocycles. The second kappa shape index (κ2) is 5.64. The van der Waals surface area contributed by atoms with Gasteiger partial charge in [0.1, 0.15) is 0 Å². The minimum atomic E-state index is -0.790. The first-order chi connectivity index (χ1) is 10.6. The van der Waals surface area contributed by atoms with Gasteiger partial charge in [-0.05, 0) is 36.6 Å². The van der Waals surface area contributed by atoms with E-state index in [0.29, 0.717) is 12.0 Å². The lowest BCUT2D eigenvalue weighted by atomic mass is 9.98. The van der Waals surface area contributed by atoms with Gasteiger partial charge in [-0.25, -0.2) is 4.79 Å². The molecular formula is C18H17NO3. The van der Waals surface area contributed by atoms with Crippen LogP contribution in [0.3, 0.4) is 0 Å². The van der Waals surface area contributed by atoms with Crippen LogP contribution in [-0.2, 0) is 16.0 Å². The zero-order valence-electron chi connectivity index (χ0n) is 12.6. The molecule has 0 saturated heterocycles. The number of carbonyl (C=O) groups excluding carboxylic acids is 2. The third kappa shape index (κ3) is 2.60. The molecule has 1 aliphatic heterocycles. The maximum absolute atomic E-state index is 12.4. The lowest BCUT2D eigenvalue weighted by Crippen LogP contribution is -2.38. The Balaban J connectivity index is 1.81. The van der Waals surface area contributed by atoms with Crippen molar-refractivity contribution in [2.45, 2.75) is 26.4 Å². The van der Waals surface area contributed by atoms with Crippen LogP contribution in [0.1, 0.15) is 27.0 Å². The molecule has 0 aliphatic carbocycles. The number of fused-ring (bicyclic) bond motifs is 1. The summed E-state index contributed by atoms with van der Waals surface area (Å²) in [7, 11) is 0. The number of benzene rings is 2. The summed E-state index contributed by atoms with van der Waals surface area (Å²) in [5, 5.41) is 2.88. The van der Waals surface area contributed by atoms with Crippen molar-refractivity contribution in [1.29, 1.82) is 0 Å². The number of cyclic esters (lactones) is 1. The number of nitrogens with one attached hydrogen (secondary N) is 1. The summed E-state index contributed by atoms with van der Waals surface area (Å²) in [6.07, 6.45) is -0.389. The normalized spacial score (nSPS) is 16.6. The molecule has 0 unspecified atom stereocenters. The first-order valence-electron chi connectivity index (χ1n) is 7.22. The third-order valence-corrected chi connectivity index (χ3v) is 3.91. The van der Waals surface area contributed by atoms with Gasteiger partial charge in [-0.15, -0.1) is 0 Å². The Labute approximate surface area is 129 Å². The zero-order valence-corrected chi connectivity index (χ0v) is 12.6. The van der Waals surface area contributed by atoms with Gasteiger partial charge in [-0.2, -0.15) is 0 Å². The maximum Gasteiger partial charge on any atom is 0.339 e. The molecule has 0 bridgehead atoms. The first-order valence-corrected chi connectivity index (χ1v) is 7.22. The number of anilines is 1. The van der Waals surface area contributed by atoms with E-state index in [-0.39, 0.29) is 5.91 Å². The van der Waals surface area contributed by atoms with Gasteiger partial charge in [0, 0.05) is 12.1 Å². The van der Waals surface area contributed by atoms with Gasteiger partial charge >= 0.3 is 5.97 Å². The molecule has 2 aromatic rings. The minimum absolute atomic E-state index is 0.291. The highest BCUT2D eigenvalue weighted by Crippen LogP contribution is 2.23. The molecule has 0 aromatic heterocycles. The van der Waals surface area contributed by atoms with Gasteiger partial charge in [0.05, 0.1) is 5.56 Å². The molecule has 1 atom stereocenters. The first kappa shape index (κ1) is 14.3. The van der Waals surface area contributed by atoms with Crippen molar-refractivity contribution >= 4 is 17.6 Å². The second-order valence-corrected chi connectivity index (χ2v) is 5.51. The Bertz CT molecular complexity index is 731.